The van der Waals surface area contributed by atoms with E-state index >= 15 is 0 Å². The SMILES string of the molecule is C1#CCC=CC(n2ccc3c4c(ccc32)[nH]c2ccccc24)=C1. The molecular formula is C21H14N2. The minimum atomic E-state index is 0.811. The van der Waals surface area contributed by atoms with Gasteiger partial charge in [0.1, 0.15) is 0 Å². The molecule has 23 heavy (non-hydrogen) atoms. The Kier molecular flexibility index (Phi) is 2.51. The minimum Gasteiger partial charge on any atom is -0.354 e. The molecule has 0 bridgehead atoms. The second kappa shape index (κ2) is 4.66. The van der Waals surface area contributed by atoms with Crippen molar-refractivity contribution in [2.45, 2.75) is 6.42 Å². The van der Waals surface area contributed by atoms with E-state index in [4.69, 9.17) is 0 Å². The number of hydrogen-bond acceptors (Lipinski definition) is 0. The van der Waals surface area contributed by atoms with Gasteiger partial charge in [-0.05, 0) is 30.3 Å². The van der Waals surface area contributed by atoms with E-state index in [9.17, 15) is 0 Å². The van der Waals surface area contributed by atoms with Crippen LogP contribution in [0.15, 0.2) is 66.9 Å². The average Bonchev–Trinajstić information content (AvgIpc) is 3.06. The summed E-state index contributed by atoms with van der Waals surface area (Å²) in [6, 6.07) is 15.0. The summed E-state index contributed by atoms with van der Waals surface area (Å²) in [6.45, 7) is 0. The molecule has 0 fully saturated rings. The number of aromatic amines is 1. The van der Waals surface area contributed by atoms with Crippen molar-refractivity contribution in [3.05, 3.63) is 66.9 Å². The van der Waals surface area contributed by atoms with Gasteiger partial charge in [-0.3, -0.25) is 0 Å². The summed E-state index contributed by atoms with van der Waals surface area (Å²) in [4.78, 5) is 3.51. The number of fused-ring (bicyclic) bond motifs is 5. The molecule has 0 spiro atoms. The summed E-state index contributed by atoms with van der Waals surface area (Å²) in [7, 11) is 0. The van der Waals surface area contributed by atoms with E-state index in [1.807, 2.05) is 6.08 Å². The topological polar surface area (TPSA) is 20.7 Å². The van der Waals surface area contributed by atoms with Crippen LogP contribution in [0, 0.1) is 11.8 Å². The molecule has 0 amide bonds. The Morgan fingerprint density at radius 1 is 0.957 bits per heavy atom. The first-order valence-corrected chi connectivity index (χ1v) is 7.78. The summed E-state index contributed by atoms with van der Waals surface area (Å²) >= 11 is 0. The summed E-state index contributed by atoms with van der Waals surface area (Å²) in [6.07, 6.45) is 9.18. The number of aromatic nitrogens is 2. The van der Waals surface area contributed by atoms with Gasteiger partial charge in [0.25, 0.3) is 0 Å². The van der Waals surface area contributed by atoms with E-state index in [1.165, 1.54) is 32.7 Å². The molecule has 1 aliphatic rings. The molecule has 2 heteroatoms. The first-order valence-electron chi connectivity index (χ1n) is 7.78. The van der Waals surface area contributed by atoms with E-state index < -0.39 is 0 Å². The van der Waals surface area contributed by atoms with Gasteiger partial charge in [-0.15, -0.1) is 0 Å². The highest BCUT2D eigenvalue weighted by Crippen LogP contribution is 2.33. The second-order valence-electron chi connectivity index (χ2n) is 5.77. The maximum atomic E-state index is 3.51. The zero-order valence-corrected chi connectivity index (χ0v) is 12.5. The number of benzene rings is 2. The van der Waals surface area contributed by atoms with Crippen LogP contribution in [0.2, 0.25) is 0 Å². The third-order valence-electron chi connectivity index (χ3n) is 4.45. The Labute approximate surface area is 133 Å². The van der Waals surface area contributed by atoms with Crippen LogP contribution in [0.4, 0.5) is 0 Å². The predicted octanol–water partition coefficient (Wildman–Crippen LogP) is 5.08. The molecule has 108 valence electrons. The smallest absolute Gasteiger partial charge is 0.0536 e. The van der Waals surface area contributed by atoms with E-state index in [0.29, 0.717) is 0 Å². The first-order chi connectivity index (χ1) is 11.4. The molecule has 0 unspecified atom stereocenters. The number of rotatable bonds is 1. The maximum Gasteiger partial charge on any atom is 0.0536 e. The van der Waals surface area contributed by atoms with Gasteiger partial charge in [-0.2, -0.15) is 0 Å². The third-order valence-corrected chi connectivity index (χ3v) is 4.45. The highest BCUT2D eigenvalue weighted by atomic mass is 15.0. The van der Waals surface area contributed by atoms with Crippen molar-refractivity contribution in [1.82, 2.24) is 9.55 Å². The molecule has 0 saturated carbocycles. The molecule has 5 rings (SSSR count). The Hall–Kier alpha value is -3.18. The van der Waals surface area contributed by atoms with Crippen LogP contribution in [0.1, 0.15) is 6.42 Å². The number of allylic oxidation sites excluding steroid dienone is 4. The number of nitrogens with one attached hydrogen (secondary N) is 1. The quantitative estimate of drug-likeness (QED) is 0.473. The lowest BCUT2D eigenvalue weighted by atomic mass is 10.1. The van der Waals surface area contributed by atoms with Gasteiger partial charge < -0.3 is 9.55 Å². The zero-order valence-electron chi connectivity index (χ0n) is 12.5. The van der Waals surface area contributed by atoms with Gasteiger partial charge in [0.05, 0.1) is 11.2 Å². The Morgan fingerprint density at radius 3 is 2.91 bits per heavy atom. The Bertz CT molecular complexity index is 1190. The molecule has 0 aliphatic heterocycles. The molecule has 1 aliphatic carbocycles. The van der Waals surface area contributed by atoms with E-state index in [1.54, 1.807) is 0 Å². The normalized spacial score (nSPS) is 14.0. The van der Waals surface area contributed by atoms with Gasteiger partial charge >= 0.3 is 0 Å². The van der Waals surface area contributed by atoms with Crippen LogP contribution in [-0.2, 0) is 0 Å². The highest BCUT2D eigenvalue weighted by molar-refractivity contribution is 6.20. The lowest BCUT2D eigenvalue weighted by molar-refractivity contribution is 1.18. The summed E-state index contributed by atoms with van der Waals surface area (Å²) in [5, 5.41) is 3.84. The van der Waals surface area contributed by atoms with Crippen molar-refractivity contribution in [2.75, 3.05) is 0 Å². The molecule has 2 heterocycles. The molecule has 2 aromatic carbocycles. The molecule has 0 radical (unpaired) electrons. The minimum absolute atomic E-state index is 0.811. The number of H-pyrrole nitrogens is 1. The number of nitrogens with zero attached hydrogens (tertiary/aromatic N) is 1. The van der Waals surface area contributed by atoms with Crippen molar-refractivity contribution in [3.8, 4) is 11.8 Å². The molecular weight excluding hydrogens is 280 g/mol. The lowest BCUT2D eigenvalue weighted by Gasteiger charge is -2.05. The van der Waals surface area contributed by atoms with Gasteiger partial charge in [0.2, 0.25) is 0 Å². The predicted molar refractivity (Wildman–Crippen MR) is 97.1 cm³/mol. The fourth-order valence-electron chi connectivity index (χ4n) is 3.41. The standard InChI is InChI=1S/C21H14N2/c1-2-4-8-15(7-3-1)23-14-13-17-20(23)12-11-19-21(17)16-9-5-6-10-18(16)22-19/h3,5-14,22H,1H2. The zero-order chi connectivity index (χ0) is 15.2. The van der Waals surface area contributed by atoms with Crippen LogP contribution in [-0.4, -0.2) is 9.55 Å². The van der Waals surface area contributed by atoms with Gasteiger partial charge in [-0.25, -0.2) is 0 Å². The largest absolute Gasteiger partial charge is 0.354 e. The van der Waals surface area contributed by atoms with E-state index in [2.05, 4.69) is 82.2 Å². The summed E-state index contributed by atoms with van der Waals surface area (Å²) in [5.74, 6) is 6.22. The van der Waals surface area contributed by atoms with Crippen LogP contribution >= 0.6 is 0 Å². The van der Waals surface area contributed by atoms with Gasteiger partial charge in [0, 0.05) is 45.9 Å². The lowest BCUT2D eigenvalue weighted by Crippen LogP contribution is -1.91. The monoisotopic (exact) mass is 294 g/mol. The first kappa shape index (κ1) is 12.4. The van der Waals surface area contributed by atoms with Gasteiger partial charge in [0.15, 0.2) is 0 Å². The molecule has 2 aromatic heterocycles. The summed E-state index contributed by atoms with van der Waals surface area (Å²) in [5.41, 5.74) is 4.69. The molecule has 4 aromatic rings. The third kappa shape index (κ3) is 1.77. The fourth-order valence-corrected chi connectivity index (χ4v) is 3.41. The van der Waals surface area contributed by atoms with Crippen molar-refractivity contribution in [3.63, 3.8) is 0 Å². The Morgan fingerprint density at radius 2 is 1.91 bits per heavy atom. The van der Waals surface area contributed by atoms with Gasteiger partial charge in [-0.1, -0.05) is 36.1 Å². The number of hydrogen-bond donors (Lipinski definition) is 1. The molecule has 0 saturated heterocycles. The highest BCUT2D eigenvalue weighted by Gasteiger charge is 2.11. The van der Waals surface area contributed by atoms with Crippen molar-refractivity contribution >= 4 is 38.4 Å². The second-order valence-corrected chi connectivity index (χ2v) is 5.77. The van der Waals surface area contributed by atoms with Crippen molar-refractivity contribution in [1.29, 1.82) is 0 Å². The molecule has 1 N–H and O–H groups in total. The van der Waals surface area contributed by atoms with Crippen LogP contribution in [0.25, 0.3) is 38.4 Å². The van der Waals surface area contributed by atoms with Crippen molar-refractivity contribution < 1.29 is 0 Å². The van der Waals surface area contributed by atoms with Crippen molar-refractivity contribution in [2.24, 2.45) is 0 Å². The Balaban J connectivity index is 1.87. The van der Waals surface area contributed by atoms with Crippen LogP contribution in [0.5, 0.6) is 0 Å². The molecule has 0 atom stereocenters. The fraction of sp³-hybridized carbons (Fsp3) is 0.0476. The average molecular weight is 294 g/mol. The van der Waals surface area contributed by atoms with Crippen LogP contribution in [0.3, 0.4) is 0 Å². The number of para-hydroxylation sites is 1. The maximum absolute atomic E-state index is 3.51. The van der Waals surface area contributed by atoms with E-state index in [-0.39, 0.29) is 0 Å². The van der Waals surface area contributed by atoms with E-state index in [0.717, 1.165) is 12.1 Å². The summed E-state index contributed by atoms with van der Waals surface area (Å²) < 4.78 is 2.22. The molecule has 2 nitrogen and oxygen atoms in total. The van der Waals surface area contributed by atoms with Crippen LogP contribution < -0.4 is 0 Å².